The van der Waals surface area contributed by atoms with Crippen molar-refractivity contribution >= 4 is 23.3 Å². The molecule has 0 spiro atoms. The first kappa shape index (κ1) is 17.5. The molecule has 0 saturated carbocycles. The van der Waals surface area contributed by atoms with Gasteiger partial charge in [-0.15, -0.1) is 0 Å². The van der Waals surface area contributed by atoms with E-state index >= 15 is 0 Å². The predicted molar refractivity (Wildman–Crippen MR) is 106 cm³/mol. The van der Waals surface area contributed by atoms with Crippen LogP contribution in [0.3, 0.4) is 0 Å². The molecule has 1 unspecified atom stereocenters. The number of fused-ring (bicyclic) bond motifs is 1. The minimum atomic E-state index is -0.160. The molecule has 4 rings (SSSR count). The number of benzene rings is 2. The van der Waals surface area contributed by atoms with Crippen LogP contribution < -0.4 is 10.1 Å². The Balaban J connectivity index is 1.65. The lowest BCUT2D eigenvalue weighted by Gasteiger charge is -2.37. The smallest absolute Gasteiger partial charge is 0.322 e. The number of urea groups is 1. The Morgan fingerprint density at radius 3 is 2.52 bits per heavy atom. The zero-order valence-electron chi connectivity index (χ0n) is 14.9. The van der Waals surface area contributed by atoms with Gasteiger partial charge in [-0.2, -0.15) is 0 Å². The Hall–Kier alpha value is -2.92. The fourth-order valence-corrected chi connectivity index (χ4v) is 3.59. The van der Waals surface area contributed by atoms with Crippen LogP contribution in [-0.4, -0.2) is 29.2 Å². The van der Waals surface area contributed by atoms with E-state index in [0.29, 0.717) is 11.6 Å². The number of rotatable bonds is 3. The largest absolute Gasteiger partial charge is 0.497 e. The van der Waals surface area contributed by atoms with Crippen molar-refractivity contribution in [2.75, 3.05) is 19.0 Å². The van der Waals surface area contributed by atoms with Gasteiger partial charge in [0.25, 0.3) is 0 Å². The van der Waals surface area contributed by atoms with Crippen LogP contribution in [-0.2, 0) is 6.54 Å². The third kappa shape index (κ3) is 3.51. The van der Waals surface area contributed by atoms with Gasteiger partial charge in [-0.05, 0) is 54.1 Å². The summed E-state index contributed by atoms with van der Waals surface area (Å²) in [4.78, 5) is 14.9. The Morgan fingerprint density at radius 1 is 1.07 bits per heavy atom. The van der Waals surface area contributed by atoms with Crippen molar-refractivity contribution < 1.29 is 9.53 Å². The maximum absolute atomic E-state index is 13.0. The number of methoxy groups -OCH3 is 1. The average Bonchev–Trinajstić information content (AvgIpc) is 3.18. The normalized spacial score (nSPS) is 15.9. The number of hydrogen-bond acceptors (Lipinski definition) is 2. The van der Waals surface area contributed by atoms with Crippen molar-refractivity contribution in [3.8, 4) is 5.75 Å². The van der Waals surface area contributed by atoms with E-state index in [-0.39, 0.29) is 12.1 Å². The summed E-state index contributed by atoms with van der Waals surface area (Å²) >= 11 is 5.93. The molecule has 1 aliphatic heterocycles. The molecule has 2 amide bonds. The van der Waals surface area contributed by atoms with Crippen LogP contribution in [0, 0.1) is 0 Å². The van der Waals surface area contributed by atoms with Crippen molar-refractivity contribution in [3.05, 3.63) is 83.1 Å². The number of anilines is 1. The summed E-state index contributed by atoms with van der Waals surface area (Å²) in [7, 11) is 1.65. The molecule has 3 aromatic rings. The summed E-state index contributed by atoms with van der Waals surface area (Å²) in [6.07, 6.45) is 2.06. The maximum atomic E-state index is 13.0. The van der Waals surface area contributed by atoms with Gasteiger partial charge in [-0.1, -0.05) is 23.7 Å². The minimum absolute atomic E-state index is 0.134. The van der Waals surface area contributed by atoms with Crippen molar-refractivity contribution in [2.24, 2.45) is 0 Å². The van der Waals surface area contributed by atoms with E-state index in [1.807, 2.05) is 35.2 Å². The van der Waals surface area contributed by atoms with Crippen molar-refractivity contribution in [3.63, 3.8) is 0 Å². The van der Waals surface area contributed by atoms with E-state index in [4.69, 9.17) is 16.3 Å². The summed E-state index contributed by atoms with van der Waals surface area (Å²) in [5.41, 5.74) is 2.86. The topological polar surface area (TPSA) is 46.5 Å². The number of hydrogen-bond donors (Lipinski definition) is 1. The van der Waals surface area contributed by atoms with E-state index in [9.17, 15) is 4.79 Å². The van der Waals surface area contributed by atoms with Crippen LogP contribution in [0.15, 0.2) is 66.9 Å². The Labute approximate surface area is 163 Å². The quantitative estimate of drug-likeness (QED) is 0.709. The molecule has 0 radical (unpaired) electrons. The molecule has 1 aliphatic rings. The van der Waals surface area contributed by atoms with Crippen molar-refractivity contribution in [1.29, 1.82) is 0 Å². The van der Waals surface area contributed by atoms with E-state index in [1.54, 1.807) is 31.4 Å². The second kappa shape index (κ2) is 7.37. The summed E-state index contributed by atoms with van der Waals surface area (Å²) in [6.45, 7) is 1.39. The summed E-state index contributed by atoms with van der Waals surface area (Å²) in [6, 6.07) is 18.8. The van der Waals surface area contributed by atoms with Crippen LogP contribution in [0.25, 0.3) is 0 Å². The van der Waals surface area contributed by atoms with Crippen molar-refractivity contribution in [2.45, 2.75) is 12.6 Å². The molecule has 6 heteroatoms. The molecule has 0 saturated heterocycles. The average molecular weight is 382 g/mol. The number of carbonyl (C=O) groups is 1. The molecule has 5 nitrogen and oxygen atoms in total. The SMILES string of the molecule is COc1ccc(C2c3cccn3CCN2C(=O)Nc2ccc(Cl)cc2)cc1. The van der Waals surface area contributed by atoms with Crippen LogP contribution in [0.5, 0.6) is 5.75 Å². The first-order chi connectivity index (χ1) is 13.2. The lowest BCUT2D eigenvalue weighted by molar-refractivity contribution is 0.182. The van der Waals surface area contributed by atoms with Crippen LogP contribution in [0.4, 0.5) is 10.5 Å². The second-order valence-electron chi connectivity index (χ2n) is 6.43. The summed E-state index contributed by atoms with van der Waals surface area (Å²) < 4.78 is 7.46. The highest BCUT2D eigenvalue weighted by Crippen LogP contribution is 2.33. The number of halogens is 1. The molecule has 138 valence electrons. The maximum Gasteiger partial charge on any atom is 0.322 e. The van der Waals surface area contributed by atoms with Gasteiger partial charge in [-0.3, -0.25) is 0 Å². The second-order valence-corrected chi connectivity index (χ2v) is 6.87. The van der Waals surface area contributed by atoms with Gasteiger partial charge in [0, 0.05) is 35.7 Å². The number of nitrogens with one attached hydrogen (secondary N) is 1. The molecule has 1 atom stereocenters. The third-order valence-corrected chi connectivity index (χ3v) is 5.08. The van der Waals surface area contributed by atoms with Gasteiger partial charge in [0.1, 0.15) is 5.75 Å². The highest BCUT2D eigenvalue weighted by molar-refractivity contribution is 6.30. The molecule has 27 heavy (non-hydrogen) atoms. The van der Waals surface area contributed by atoms with E-state index in [1.165, 1.54) is 0 Å². The molecule has 0 bridgehead atoms. The van der Waals surface area contributed by atoms with Gasteiger partial charge in [0.05, 0.1) is 13.2 Å². The lowest BCUT2D eigenvalue weighted by Crippen LogP contribution is -2.44. The third-order valence-electron chi connectivity index (χ3n) is 4.83. The highest BCUT2D eigenvalue weighted by atomic mass is 35.5. The predicted octanol–water partition coefficient (Wildman–Crippen LogP) is 4.79. The first-order valence-electron chi connectivity index (χ1n) is 8.78. The number of aromatic nitrogens is 1. The zero-order chi connectivity index (χ0) is 18.8. The Bertz CT molecular complexity index is 935. The van der Waals surface area contributed by atoms with Gasteiger partial charge in [0.2, 0.25) is 0 Å². The molecule has 2 aromatic carbocycles. The molecule has 0 aliphatic carbocycles. The van der Waals surface area contributed by atoms with E-state index in [2.05, 4.69) is 22.1 Å². The lowest BCUT2D eigenvalue weighted by atomic mass is 10.00. The summed E-state index contributed by atoms with van der Waals surface area (Å²) in [5, 5.41) is 3.62. The molecule has 1 N–H and O–H groups in total. The van der Waals surface area contributed by atoms with Crippen LogP contribution in [0.1, 0.15) is 17.3 Å². The van der Waals surface area contributed by atoms with Gasteiger partial charge in [0.15, 0.2) is 0 Å². The van der Waals surface area contributed by atoms with Gasteiger partial charge in [-0.25, -0.2) is 4.79 Å². The van der Waals surface area contributed by atoms with Gasteiger partial charge < -0.3 is 19.5 Å². The van der Waals surface area contributed by atoms with Crippen LogP contribution >= 0.6 is 11.6 Å². The number of amides is 2. The monoisotopic (exact) mass is 381 g/mol. The van der Waals surface area contributed by atoms with Crippen LogP contribution in [0.2, 0.25) is 5.02 Å². The molecular weight excluding hydrogens is 362 g/mol. The fourth-order valence-electron chi connectivity index (χ4n) is 3.47. The van der Waals surface area contributed by atoms with Gasteiger partial charge >= 0.3 is 6.03 Å². The molecule has 2 heterocycles. The number of ether oxygens (including phenoxy) is 1. The standard InChI is InChI=1S/C21H20ClN3O2/c1-27-18-10-4-15(5-11-18)20-19-3-2-12-24(19)13-14-25(20)21(26)23-17-8-6-16(22)7-9-17/h2-12,20H,13-14H2,1H3,(H,23,26). The molecular formula is C21H20ClN3O2. The zero-order valence-corrected chi connectivity index (χ0v) is 15.7. The van der Waals surface area contributed by atoms with E-state index < -0.39 is 0 Å². The minimum Gasteiger partial charge on any atom is -0.497 e. The number of nitrogens with zero attached hydrogens (tertiary/aromatic N) is 2. The first-order valence-corrected chi connectivity index (χ1v) is 9.15. The fraction of sp³-hybridized carbons (Fsp3) is 0.190. The number of carbonyl (C=O) groups excluding carboxylic acids is 1. The highest BCUT2D eigenvalue weighted by Gasteiger charge is 2.32. The van der Waals surface area contributed by atoms with E-state index in [0.717, 1.165) is 29.2 Å². The van der Waals surface area contributed by atoms with Crippen molar-refractivity contribution in [1.82, 2.24) is 9.47 Å². The Kier molecular flexibility index (Phi) is 4.77. The summed E-state index contributed by atoms with van der Waals surface area (Å²) in [5.74, 6) is 0.794. The Morgan fingerprint density at radius 2 is 1.81 bits per heavy atom. The molecule has 1 aromatic heterocycles. The molecule has 0 fully saturated rings.